The average Bonchev–Trinajstić information content (AvgIpc) is 3.17. The van der Waals surface area contributed by atoms with Crippen molar-refractivity contribution in [2.45, 2.75) is 0 Å². The smallest absolute Gasteiger partial charge is 0.293 e. The van der Waals surface area contributed by atoms with Crippen LogP contribution in [0.1, 0.15) is 10.4 Å². The molecule has 1 aliphatic rings. The molecule has 4 rings (SSSR count). The molecule has 0 unspecified atom stereocenters. The van der Waals surface area contributed by atoms with Crippen LogP contribution in [0.2, 0.25) is 5.02 Å². The lowest BCUT2D eigenvalue weighted by molar-refractivity contribution is -0.384. The van der Waals surface area contributed by atoms with Gasteiger partial charge in [0, 0.05) is 24.7 Å². The number of amides is 1. The molecule has 0 bridgehead atoms. The van der Waals surface area contributed by atoms with E-state index in [0.717, 1.165) is 4.70 Å². The van der Waals surface area contributed by atoms with Crippen molar-refractivity contribution in [2.75, 3.05) is 36.5 Å². The monoisotopic (exact) mass is 477 g/mol. The number of nitrogens with zero attached hydrogens (tertiary/aromatic N) is 3. The van der Waals surface area contributed by atoms with Crippen molar-refractivity contribution in [3.63, 3.8) is 0 Å². The SMILES string of the molecule is O=C(NC(=S)Nc1nc2c(Cl)cccc2s1)c1ccc(N2CCOCC2)c([N+](=O)[O-])c1. The molecule has 0 saturated carbocycles. The highest BCUT2D eigenvalue weighted by atomic mass is 35.5. The quantitative estimate of drug-likeness (QED) is 0.331. The van der Waals surface area contributed by atoms with Crippen LogP contribution in [-0.2, 0) is 4.74 Å². The number of thiazole rings is 1. The number of rotatable bonds is 4. The van der Waals surface area contributed by atoms with Gasteiger partial charge in [-0.15, -0.1) is 0 Å². The van der Waals surface area contributed by atoms with Gasteiger partial charge in [-0.25, -0.2) is 4.98 Å². The van der Waals surface area contributed by atoms with E-state index in [2.05, 4.69) is 15.6 Å². The Balaban J connectivity index is 1.48. The van der Waals surface area contributed by atoms with Gasteiger partial charge in [-0.3, -0.25) is 20.2 Å². The summed E-state index contributed by atoms with van der Waals surface area (Å²) >= 11 is 12.7. The number of thiocarbonyl (C=S) groups is 1. The molecule has 31 heavy (non-hydrogen) atoms. The molecule has 12 heteroatoms. The lowest BCUT2D eigenvalue weighted by Crippen LogP contribution is -2.37. The topological polar surface area (TPSA) is 110 Å². The number of aromatic nitrogens is 1. The lowest BCUT2D eigenvalue weighted by atomic mass is 10.1. The van der Waals surface area contributed by atoms with Crippen molar-refractivity contribution < 1.29 is 14.5 Å². The minimum absolute atomic E-state index is 0.0279. The molecule has 0 spiro atoms. The summed E-state index contributed by atoms with van der Waals surface area (Å²) in [6, 6.07) is 9.79. The zero-order valence-corrected chi connectivity index (χ0v) is 18.4. The molecule has 1 amide bonds. The molecule has 1 saturated heterocycles. The zero-order valence-electron chi connectivity index (χ0n) is 16.0. The predicted molar refractivity (Wildman–Crippen MR) is 124 cm³/mol. The Morgan fingerprint density at radius 3 is 2.77 bits per heavy atom. The van der Waals surface area contributed by atoms with Gasteiger partial charge in [-0.1, -0.05) is 29.0 Å². The molecule has 9 nitrogen and oxygen atoms in total. The summed E-state index contributed by atoms with van der Waals surface area (Å²) in [5.74, 6) is -0.562. The summed E-state index contributed by atoms with van der Waals surface area (Å²) in [6.45, 7) is 2.09. The van der Waals surface area contributed by atoms with Crippen molar-refractivity contribution in [1.29, 1.82) is 0 Å². The van der Waals surface area contributed by atoms with E-state index < -0.39 is 10.8 Å². The van der Waals surface area contributed by atoms with Gasteiger partial charge in [0.05, 0.1) is 27.9 Å². The highest BCUT2D eigenvalue weighted by Gasteiger charge is 2.23. The Morgan fingerprint density at radius 2 is 2.06 bits per heavy atom. The van der Waals surface area contributed by atoms with E-state index in [4.69, 9.17) is 28.6 Å². The van der Waals surface area contributed by atoms with E-state index in [-0.39, 0.29) is 16.4 Å². The maximum atomic E-state index is 12.6. The molecule has 0 atom stereocenters. The van der Waals surface area contributed by atoms with Crippen LogP contribution >= 0.6 is 35.2 Å². The Morgan fingerprint density at radius 1 is 1.29 bits per heavy atom. The van der Waals surface area contributed by atoms with E-state index in [1.54, 1.807) is 12.1 Å². The second kappa shape index (κ2) is 9.10. The van der Waals surface area contributed by atoms with E-state index in [0.29, 0.717) is 47.7 Å². The molecule has 2 heterocycles. The lowest BCUT2D eigenvalue weighted by Gasteiger charge is -2.28. The van der Waals surface area contributed by atoms with Crippen molar-refractivity contribution >= 4 is 72.9 Å². The third kappa shape index (κ3) is 4.74. The minimum Gasteiger partial charge on any atom is -0.378 e. The normalized spacial score (nSPS) is 13.8. The third-order valence-electron chi connectivity index (χ3n) is 4.60. The molecule has 0 aliphatic carbocycles. The number of nitrogens with one attached hydrogen (secondary N) is 2. The standard InChI is InChI=1S/C19H16ClN5O4S2/c20-12-2-1-3-15-16(12)21-19(31-15)23-18(30)22-17(26)11-4-5-13(14(10-11)25(27)28)24-6-8-29-9-7-24/h1-5,10H,6-9H2,(H2,21,22,23,26,30). The summed E-state index contributed by atoms with van der Waals surface area (Å²) in [5, 5.41) is 18.0. The Kier molecular flexibility index (Phi) is 6.28. The van der Waals surface area contributed by atoms with E-state index in [1.165, 1.54) is 23.5 Å². The molecule has 1 fully saturated rings. The van der Waals surface area contributed by atoms with Gasteiger partial charge in [0.25, 0.3) is 11.6 Å². The molecule has 0 radical (unpaired) electrons. The summed E-state index contributed by atoms with van der Waals surface area (Å²) in [5.41, 5.74) is 1.08. The fraction of sp³-hybridized carbons (Fsp3) is 0.211. The third-order valence-corrected chi connectivity index (χ3v) is 6.05. The largest absolute Gasteiger partial charge is 0.378 e. The number of carbonyl (C=O) groups is 1. The number of halogens is 1. The zero-order chi connectivity index (χ0) is 22.0. The number of para-hydroxylation sites is 1. The number of hydrogen-bond donors (Lipinski definition) is 2. The highest BCUT2D eigenvalue weighted by Crippen LogP contribution is 2.31. The number of anilines is 2. The fourth-order valence-electron chi connectivity index (χ4n) is 3.15. The second-order valence-corrected chi connectivity index (χ2v) is 8.42. The average molecular weight is 478 g/mol. The van der Waals surface area contributed by atoms with Crippen LogP contribution in [0.3, 0.4) is 0 Å². The van der Waals surface area contributed by atoms with Crippen molar-refractivity contribution in [3.05, 3.63) is 57.1 Å². The maximum absolute atomic E-state index is 12.6. The first kappa shape index (κ1) is 21.4. The molecular formula is C19H16ClN5O4S2. The number of carbonyl (C=O) groups excluding carboxylic acids is 1. The fourth-order valence-corrected chi connectivity index (χ4v) is 4.58. The minimum atomic E-state index is -0.562. The number of fused-ring (bicyclic) bond motifs is 1. The Hall–Kier alpha value is -2.86. The number of benzene rings is 2. The molecule has 1 aromatic heterocycles. The molecule has 2 aromatic carbocycles. The highest BCUT2D eigenvalue weighted by molar-refractivity contribution is 7.80. The molecule has 1 aliphatic heterocycles. The van der Waals surface area contributed by atoms with E-state index in [9.17, 15) is 14.9 Å². The molecule has 2 N–H and O–H groups in total. The van der Waals surface area contributed by atoms with Crippen LogP contribution in [0.25, 0.3) is 10.2 Å². The Bertz CT molecular complexity index is 1180. The van der Waals surface area contributed by atoms with Gasteiger partial charge in [0.2, 0.25) is 0 Å². The second-order valence-electron chi connectivity index (χ2n) is 6.57. The van der Waals surface area contributed by atoms with Crippen LogP contribution < -0.4 is 15.5 Å². The number of nitro benzene ring substituents is 1. The van der Waals surface area contributed by atoms with Crippen LogP contribution in [-0.4, -0.2) is 47.2 Å². The van der Waals surface area contributed by atoms with Crippen LogP contribution in [0.5, 0.6) is 0 Å². The van der Waals surface area contributed by atoms with Gasteiger partial charge in [-0.2, -0.15) is 0 Å². The van der Waals surface area contributed by atoms with Gasteiger partial charge in [-0.05, 0) is 36.5 Å². The summed E-state index contributed by atoms with van der Waals surface area (Å²) < 4.78 is 6.17. The molecule has 160 valence electrons. The number of ether oxygens (including phenoxy) is 1. The molecular weight excluding hydrogens is 462 g/mol. The summed E-state index contributed by atoms with van der Waals surface area (Å²) in [4.78, 5) is 29.9. The number of nitro groups is 1. The first-order valence-corrected chi connectivity index (χ1v) is 10.8. The maximum Gasteiger partial charge on any atom is 0.293 e. The number of hydrogen-bond acceptors (Lipinski definition) is 8. The Labute approximate surface area is 191 Å². The number of morpholine rings is 1. The van der Waals surface area contributed by atoms with E-state index >= 15 is 0 Å². The molecule has 3 aromatic rings. The van der Waals surface area contributed by atoms with Crippen LogP contribution in [0.4, 0.5) is 16.5 Å². The predicted octanol–water partition coefficient (Wildman–Crippen LogP) is 3.82. The van der Waals surface area contributed by atoms with Gasteiger partial charge in [0.15, 0.2) is 10.2 Å². The first-order valence-electron chi connectivity index (χ1n) is 9.21. The van der Waals surface area contributed by atoms with Crippen molar-refractivity contribution in [2.24, 2.45) is 0 Å². The summed E-state index contributed by atoms with van der Waals surface area (Å²) in [7, 11) is 0. The van der Waals surface area contributed by atoms with Gasteiger partial charge >= 0.3 is 0 Å². The van der Waals surface area contributed by atoms with Gasteiger partial charge < -0.3 is 15.0 Å². The van der Waals surface area contributed by atoms with Gasteiger partial charge in [0.1, 0.15) is 11.2 Å². The van der Waals surface area contributed by atoms with Crippen molar-refractivity contribution in [1.82, 2.24) is 10.3 Å². The van der Waals surface area contributed by atoms with Crippen LogP contribution in [0.15, 0.2) is 36.4 Å². The van der Waals surface area contributed by atoms with E-state index in [1.807, 2.05) is 17.0 Å². The summed E-state index contributed by atoms with van der Waals surface area (Å²) in [6.07, 6.45) is 0. The first-order chi connectivity index (χ1) is 14.9. The van der Waals surface area contributed by atoms with Crippen molar-refractivity contribution in [3.8, 4) is 0 Å². The van der Waals surface area contributed by atoms with Crippen LogP contribution in [0, 0.1) is 10.1 Å².